The van der Waals surface area contributed by atoms with Crippen LogP contribution in [0.5, 0.6) is 5.75 Å². The van der Waals surface area contributed by atoms with Crippen molar-refractivity contribution in [1.82, 2.24) is 15.6 Å². The maximum absolute atomic E-state index is 5.72. The summed E-state index contributed by atoms with van der Waals surface area (Å²) >= 11 is 1.77. The molecular formula is C18H24N4OS. The van der Waals surface area contributed by atoms with Gasteiger partial charge in [-0.1, -0.05) is 18.2 Å². The summed E-state index contributed by atoms with van der Waals surface area (Å²) in [5, 5.41) is 8.05. The summed E-state index contributed by atoms with van der Waals surface area (Å²) in [6.07, 6.45) is 1.90. The van der Waals surface area contributed by atoms with Crippen LogP contribution >= 0.6 is 11.3 Å². The monoisotopic (exact) mass is 344 g/mol. The number of fused-ring (bicyclic) bond motifs is 1. The first kappa shape index (κ1) is 16.8. The third-order valence-electron chi connectivity index (χ3n) is 4.14. The molecule has 1 aliphatic heterocycles. The van der Waals surface area contributed by atoms with E-state index in [0.717, 1.165) is 48.4 Å². The number of nitrogens with one attached hydrogen (secondary N) is 2. The third-order valence-corrected chi connectivity index (χ3v) is 5.27. The molecule has 3 rings (SSSR count). The zero-order valence-corrected chi connectivity index (χ0v) is 15.2. The second kappa shape index (κ2) is 7.66. The van der Waals surface area contributed by atoms with Crippen molar-refractivity contribution in [2.24, 2.45) is 4.99 Å². The van der Waals surface area contributed by atoms with Crippen LogP contribution in [0.15, 0.2) is 29.3 Å². The fourth-order valence-electron chi connectivity index (χ4n) is 2.95. The number of hydrogen-bond acceptors (Lipinski definition) is 4. The summed E-state index contributed by atoms with van der Waals surface area (Å²) < 4.78 is 5.72. The maximum atomic E-state index is 5.72. The second-order valence-electron chi connectivity index (χ2n) is 5.86. The number of rotatable bonds is 4. The van der Waals surface area contributed by atoms with E-state index in [1.165, 1.54) is 10.4 Å². The highest BCUT2D eigenvalue weighted by Gasteiger charge is 2.21. The Hall–Kier alpha value is -2.08. The number of hydrogen-bond donors (Lipinski definition) is 2. The molecule has 1 aromatic carbocycles. The Balaban J connectivity index is 1.57. The highest BCUT2D eigenvalue weighted by molar-refractivity contribution is 7.11. The minimum absolute atomic E-state index is 0.230. The van der Waals surface area contributed by atoms with E-state index in [0.29, 0.717) is 0 Å². The minimum Gasteiger partial charge on any atom is -0.493 e. The molecule has 0 bridgehead atoms. The molecule has 1 aromatic heterocycles. The molecule has 0 radical (unpaired) electrons. The van der Waals surface area contributed by atoms with E-state index in [-0.39, 0.29) is 6.04 Å². The van der Waals surface area contributed by atoms with Crippen LogP contribution in [0.4, 0.5) is 0 Å². The number of aliphatic imine (C=N–C) groups is 1. The fourth-order valence-corrected chi connectivity index (χ4v) is 3.89. The van der Waals surface area contributed by atoms with Gasteiger partial charge in [0.15, 0.2) is 5.96 Å². The van der Waals surface area contributed by atoms with Crippen molar-refractivity contribution in [2.45, 2.75) is 32.7 Å². The number of guanidine groups is 1. The SMILES string of the molecule is CN=C(NCCc1sc(C)nc1C)NC1CCOc2ccccc21. The topological polar surface area (TPSA) is 58.5 Å². The molecule has 0 saturated heterocycles. The van der Waals surface area contributed by atoms with Gasteiger partial charge in [-0.05, 0) is 19.9 Å². The Labute approximate surface area is 147 Å². The third kappa shape index (κ3) is 3.87. The Kier molecular flexibility index (Phi) is 5.35. The first-order valence-electron chi connectivity index (χ1n) is 8.29. The van der Waals surface area contributed by atoms with Crippen LogP contribution in [0.25, 0.3) is 0 Å². The molecule has 6 heteroatoms. The molecule has 2 N–H and O–H groups in total. The molecule has 1 atom stereocenters. The lowest BCUT2D eigenvalue weighted by Gasteiger charge is -2.28. The molecule has 2 aromatic rings. The molecule has 128 valence electrons. The van der Waals surface area contributed by atoms with E-state index in [9.17, 15) is 0 Å². The van der Waals surface area contributed by atoms with Gasteiger partial charge in [-0.25, -0.2) is 4.98 Å². The first-order chi connectivity index (χ1) is 11.7. The fraction of sp³-hybridized carbons (Fsp3) is 0.444. The number of ether oxygens (including phenoxy) is 1. The van der Waals surface area contributed by atoms with Gasteiger partial charge in [-0.2, -0.15) is 0 Å². The zero-order chi connectivity index (χ0) is 16.9. The van der Waals surface area contributed by atoms with Crippen molar-refractivity contribution in [2.75, 3.05) is 20.2 Å². The van der Waals surface area contributed by atoms with Crippen LogP contribution in [0.1, 0.15) is 33.6 Å². The first-order valence-corrected chi connectivity index (χ1v) is 9.11. The van der Waals surface area contributed by atoms with Gasteiger partial charge in [0.25, 0.3) is 0 Å². The van der Waals surface area contributed by atoms with Crippen LogP contribution in [-0.4, -0.2) is 31.1 Å². The molecule has 5 nitrogen and oxygen atoms in total. The van der Waals surface area contributed by atoms with Gasteiger partial charge in [-0.15, -0.1) is 11.3 Å². The normalized spacial score (nSPS) is 17.1. The summed E-state index contributed by atoms with van der Waals surface area (Å²) in [6, 6.07) is 8.42. The number of thiazole rings is 1. The van der Waals surface area contributed by atoms with E-state index in [4.69, 9.17) is 4.74 Å². The lowest BCUT2D eigenvalue weighted by atomic mass is 10.0. The Morgan fingerprint density at radius 1 is 1.38 bits per heavy atom. The quantitative estimate of drug-likeness (QED) is 0.661. The van der Waals surface area contributed by atoms with E-state index in [2.05, 4.69) is 40.5 Å². The van der Waals surface area contributed by atoms with Gasteiger partial charge in [0.2, 0.25) is 0 Å². The van der Waals surface area contributed by atoms with Gasteiger partial charge < -0.3 is 15.4 Å². The summed E-state index contributed by atoms with van der Waals surface area (Å²) in [7, 11) is 1.81. The van der Waals surface area contributed by atoms with Gasteiger partial charge in [0.1, 0.15) is 5.75 Å². The largest absolute Gasteiger partial charge is 0.493 e. The summed E-state index contributed by atoms with van der Waals surface area (Å²) in [6.45, 7) is 5.70. The molecule has 0 saturated carbocycles. The van der Waals surface area contributed by atoms with Crippen molar-refractivity contribution in [3.8, 4) is 5.75 Å². The Morgan fingerprint density at radius 3 is 2.96 bits per heavy atom. The van der Waals surface area contributed by atoms with Crippen molar-refractivity contribution in [3.63, 3.8) is 0 Å². The second-order valence-corrected chi connectivity index (χ2v) is 7.15. The van der Waals surface area contributed by atoms with Crippen molar-refractivity contribution in [3.05, 3.63) is 45.4 Å². The van der Waals surface area contributed by atoms with Crippen molar-refractivity contribution in [1.29, 1.82) is 0 Å². The lowest BCUT2D eigenvalue weighted by molar-refractivity contribution is 0.261. The molecule has 0 spiro atoms. The van der Waals surface area contributed by atoms with E-state index in [1.54, 1.807) is 11.3 Å². The van der Waals surface area contributed by atoms with Gasteiger partial charge in [0, 0.05) is 36.9 Å². The number of benzene rings is 1. The molecule has 2 heterocycles. The van der Waals surface area contributed by atoms with Crippen molar-refractivity contribution < 1.29 is 4.74 Å². The summed E-state index contributed by atoms with van der Waals surface area (Å²) in [5.41, 5.74) is 2.33. The standard InChI is InChI=1S/C18H24N4OS/c1-12-17(24-13(2)21-12)8-10-20-18(19-3)22-15-9-11-23-16-7-5-4-6-14(15)16/h4-7,15H,8-11H2,1-3H3,(H2,19,20,22). The van der Waals surface area contributed by atoms with Crippen LogP contribution in [0.3, 0.4) is 0 Å². The average Bonchev–Trinajstić information content (AvgIpc) is 2.91. The zero-order valence-electron chi connectivity index (χ0n) is 14.4. The molecule has 0 fully saturated rings. The molecule has 24 heavy (non-hydrogen) atoms. The van der Waals surface area contributed by atoms with E-state index < -0.39 is 0 Å². The predicted octanol–water partition coefficient (Wildman–Crippen LogP) is 2.99. The van der Waals surface area contributed by atoms with Crippen LogP contribution in [0.2, 0.25) is 0 Å². The van der Waals surface area contributed by atoms with E-state index >= 15 is 0 Å². The number of aryl methyl sites for hydroxylation is 2. The highest BCUT2D eigenvalue weighted by atomic mass is 32.1. The number of aromatic nitrogens is 1. The molecule has 1 aliphatic rings. The van der Waals surface area contributed by atoms with Crippen molar-refractivity contribution >= 4 is 17.3 Å². The Morgan fingerprint density at radius 2 is 2.21 bits per heavy atom. The Bertz CT molecular complexity index is 726. The van der Waals surface area contributed by atoms with Gasteiger partial charge >= 0.3 is 0 Å². The molecule has 0 aliphatic carbocycles. The highest BCUT2D eigenvalue weighted by Crippen LogP contribution is 2.31. The van der Waals surface area contributed by atoms with Crippen LogP contribution < -0.4 is 15.4 Å². The van der Waals surface area contributed by atoms with Gasteiger partial charge in [-0.3, -0.25) is 4.99 Å². The molecule has 1 unspecified atom stereocenters. The van der Waals surface area contributed by atoms with Gasteiger partial charge in [0.05, 0.1) is 23.4 Å². The summed E-state index contributed by atoms with van der Waals surface area (Å²) in [4.78, 5) is 10.2. The predicted molar refractivity (Wildman–Crippen MR) is 99.1 cm³/mol. The average molecular weight is 344 g/mol. The van der Waals surface area contributed by atoms with Crippen LogP contribution in [-0.2, 0) is 6.42 Å². The molecular weight excluding hydrogens is 320 g/mol. The lowest BCUT2D eigenvalue weighted by Crippen LogP contribution is -2.41. The summed E-state index contributed by atoms with van der Waals surface area (Å²) in [5.74, 6) is 1.79. The molecule has 0 amide bonds. The number of para-hydroxylation sites is 1. The minimum atomic E-state index is 0.230. The van der Waals surface area contributed by atoms with Crippen LogP contribution in [0, 0.1) is 13.8 Å². The van der Waals surface area contributed by atoms with E-state index in [1.807, 2.05) is 25.2 Å². The number of nitrogens with zero attached hydrogens (tertiary/aromatic N) is 2. The smallest absolute Gasteiger partial charge is 0.191 e. The maximum Gasteiger partial charge on any atom is 0.191 e.